The summed E-state index contributed by atoms with van der Waals surface area (Å²) in [5.41, 5.74) is 2.94. The minimum atomic E-state index is 0. The minimum Gasteiger partial charge on any atom is -1.00 e. The number of halogens is 2. The van der Waals surface area contributed by atoms with Crippen molar-refractivity contribution in [3.63, 3.8) is 0 Å². The van der Waals surface area contributed by atoms with Crippen molar-refractivity contribution in [2.45, 2.75) is 66.5 Å². The second kappa shape index (κ2) is 19.9. The van der Waals surface area contributed by atoms with Crippen molar-refractivity contribution in [2.75, 3.05) is 0 Å². The third-order valence-corrected chi connectivity index (χ3v) is 6.14. The van der Waals surface area contributed by atoms with Gasteiger partial charge >= 0.3 is 26.2 Å². The van der Waals surface area contributed by atoms with Crippen LogP contribution in [0.4, 0.5) is 0 Å². The van der Waals surface area contributed by atoms with Gasteiger partial charge in [-0.2, -0.15) is 12.1 Å². The zero-order valence-electron chi connectivity index (χ0n) is 21.7. The molecule has 0 amide bonds. The van der Waals surface area contributed by atoms with Gasteiger partial charge in [0.25, 0.3) is 0 Å². The molecule has 4 aromatic rings. The Morgan fingerprint density at radius 2 is 1.00 bits per heavy atom. The van der Waals surface area contributed by atoms with E-state index in [2.05, 4.69) is 114 Å². The average Bonchev–Trinajstić information content (AvgIpc) is 3.31. The van der Waals surface area contributed by atoms with Crippen LogP contribution in [0.5, 0.6) is 0 Å². The first kappa shape index (κ1) is 35.9. The molecule has 0 heterocycles. The molecule has 0 aliphatic rings. The van der Waals surface area contributed by atoms with E-state index >= 15 is 0 Å². The maximum atomic E-state index is 2.30. The Kier molecular flexibility index (Phi) is 21.0. The van der Waals surface area contributed by atoms with E-state index in [1.54, 1.807) is 0 Å². The molecule has 2 radical (unpaired) electrons. The number of hydrogen-bond acceptors (Lipinski definition) is 0. The molecule has 4 rings (SSSR count). The van der Waals surface area contributed by atoms with Crippen molar-refractivity contribution in [3.8, 4) is 0 Å². The third-order valence-electron chi connectivity index (χ3n) is 5.14. The van der Waals surface area contributed by atoms with Gasteiger partial charge in [-0.05, 0) is 24.7 Å². The molecule has 0 unspecified atom stereocenters. The smallest absolute Gasteiger partial charge is 1.00 e. The Morgan fingerprint density at radius 1 is 0.647 bits per heavy atom. The average molecular weight is 680 g/mol. The zero-order valence-corrected chi connectivity index (χ0v) is 28.3. The summed E-state index contributed by atoms with van der Waals surface area (Å²) in [7, 11) is 1.20. The molecule has 4 aromatic carbocycles. The van der Waals surface area contributed by atoms with E-state index in [1.807, 2.05) is 0 Å². The Morgan fingerprint density at radius 3 is 1.26 bits per heavy atom. The number of fused-ring (bicyclic) bond motifs is 2. The molecule has 0 saturated carbocycles. The van der Waals surface area contributed by atoms with Crippen molar-refractivity contribution in [1.82, 2.24) is 0 Å². The van der Waals surface area contributed by atoms with Crippen LogP contribution in [0.2, 0.25) is 12.1 Å². The van der Waals surface area contributed by atoms with Crippen molar-refractivity contribution in [1.29, 1.82) is 0 Å². The van der Waals surface area contributed by atoms with Gasteiger partial charge in [-0.15, -0.1) is 81.2 Å². The first-order valence-electron chi connectivity index (χ1n) is 11.9. The van der Waals surface area contributed by atoms with Crippen molar-refractivity contribution in [3.05, 3.63) is 83.9 Å². The molecule has 0 bridgehead atoms. The van der Waals surface area contributed by atoms with Gasteiger partial charge in [0.1, 0.15) is 0 Å². The third kappa shape index (κ3) is 13.1. The summed E-state index contributed by atoms with van der Waals surface area (Å²) in [5.74, 6) is 1.49. The van der Waals surface area contributed by atoms with Crippen LogP contribution in [-0.4, -0.2) is 9.52 Å². The summed E-state index contributed by atoms with van der Waals surface area (Å²) in [4.78, 5) is 0. The maximum absolute atomic E-state index is 2.30. The van der Waals surface area contributed by atoms with Crippen molar-refractivity contribution < 1.29 is 60.2 Å². The van der Waals surface area contributed by atoms with E-state index in [4.69, 9.17) is 0 Å². The maximum Gasteiger partial charge on any atom is 4.00 e. The van der Waals surface area contributed by atoms with Gasteiger partial charge in [0.15, 0.2) is 0 Å². The predicted molar refractivity (Wildman–Crippen MR) is 143 cm³/mol. The number of benzene rings is 2. The minimum absolute atomic E-state index is 0. The fourth-order valence-corrected chi connectivity index (χ4v) is 4.36. The molecule has 0 atom stereocenters. The van der Waals surface area contributed by atoms with E-state index in [0.29, 0.717) is 0 Å². The first-order valence-corrected chi connectivity index (χ1v) is 13.3. The van der Waals surface area contributed by atoms with Gasteiger partial charge in [0.05, 0.1) is 0 Å². The van der Waals surface area contributed by atoms with Crippen molar-refractivity contribution >= 4 is 31.1 Å². The van der Waals surface area contributed by atoms with Crippen LogP contribution in [0.3, 0.4) is 0 Å². The molecule has 0 fully saturated rings. The summed E-state index contributed by atoms with van der Waals surface area (Å²) >= 11 is 0. The van der Waals surface area contributed by atoms with Crippen LogP contribution >= 0.6 is 0 Å². The van der Waals surface area contributed by atoms with Crippen LogP contribution in [0.25, 0.3) is 21.5 Å². The molecule has 0 saturated heterocycles. The summed E-state index contributed by atoms with van der Waals surface area (Å²) in [6.07, 6.45) is 2.38. The van der Waals surface area contributed by atoms with E-state index < -0.39 is 0 Å². The van der Waals surface area contributed by atoms with E-state index in [0.717, 1.165) is 11.8 Å². The van der Waals surface area contributed by atoms with E-state index in [-0.39, 0.29) is 60.2 Å². The topological polar surface area (TPSA) is 0 Å². The number of rotatable bonds is 6. The van der Waals surface area contributed by atoms with Crippen molar-refractivity contribution in [2.24, 2.45) is 11.8 Å². The van der Waals surface area contributed by atoms with Crippen LogP contribution in [0.15, 0.2) is 72.8 Å². The van der Waals surface area contributed by atoms with Gasteiger partial charge in [-0.3, -0.25) is 0 Å². The Hall–Kier alpha value is -0.280. The van der Waals surface area contributed by atoms with Gasteiger partial charge in [-0.25, -0.2) is 0 Å². The second-order valence-corrected chi connectivity index (χ2v) is 11.1. The quantitative estimate of drug-likeness (QED) is 0.217. The molecule has 0 spiro atoms. The summed E-state index contributed by atoms with van der Waals surface area (Å²) in [6, 6.07) is 29.1. The summed E-state index contributed by atoms with van der Waals surface area (Å²) in [6.45, 7) is 13.5. The van der Waals surface area contributed by atoms with E-state index in [1.165, 1.54) is 67.1 Å². The van der Waals surface area contributed by atoms with Crippen LogP contribution in [0, 0.1) is 11.8 Å². The van der Waals surface area contributed by atoms with Gasteiger partial charge in [0, 0.05) is 9.52 Å². The monoisotopic (exact) mass is 676 g/mol. The molecular weight excluding hydrogens is 639 g/mol. The molecule has 0 aromatic heterocycles. The second-order valence-electron chi connectivity index (χ2n) is 9.14. The van der Waals surface area contributed by atoms with Crippen LogP contribution < -0.4 is 34.0 Å². The Bertz CT molecular complexity index is 869. The standard InChI is InChI=1S/2C13H15.C4H10Si.2BrH.Zr/c2*1-10(2)7-11-8-12-5-3-4-6-13(12)9-11;1-3-5-4-2;;;/h2*3-6,8-10H,7H2,1-2H3;3-4H2,1-2H3;2*1H;/q2*-1;;;;+4/p-2. The molecule has 182 valence electrons. The largest absolute Gasteiger partial charge is 4.00 e. The van der Waals surface area contributed by atoms with E-state index in [9.17, 15) is 0 Å². The van der Waals surface area contributed by atoms with Crippen LogP contribution in [-0.2, 0) is 39.0 Å². The fourth-order valence-electron chi connectivity index (χ4n) is 3.86. The predicted octanol–water partition coefficient (Wildman–Crippen LogP) is 3.09. The summed E-state index contributed by atoms with van der Waals surface area (Å²) in [5, 5.41) is 5.49. The molecule has 0 aliphatic heterocycles. The van der Waals surface area contributed by atoms with Gasteiger partial charge < -0.3 is 34.0 Å². The molecule has 0 N–H and O–H groups in total. The van der Waals surface area contributed by atoms with Gasteiger partial charge in [-0.1, -0.05) is 65.8 Å². The SMILES string of the molecule is CC(C)Cc1cc2ccccc2[cH-]1.CC(C)Cc1cc2ccccc2[cH-]1.CC[Si]CC.[Br-].[Br-].[Zr+4]. The van der Waals surface area contributed by atoms with Gasteiger partial charge in [0.2, 0.25) is 0 Å². The first-order chi connectivity index (χ1) is 14.9. The molecule has 4 heteroatoms. The van der Waals surface area contributed by atoms with Crippen LogP contribution in [0.1, 0.15) is 52.7 Å². The number of hydrogen-bond donors (Lipinski definition) is 0. The fraction of sp³-hybridized carbons (Fsp3) is 0.400. The Labute approximate surface area is 251 Å². The summed E-state index contributed by atoms with van der Waals surface area (Å²) < 4.78 is 0. The zero-order chi connectivity index (χ0) is 22.6. The Balaban J connectivity index is 0. The molecule has 0 nitrogen and oxygen atoms in total. The molecule has 34 heavy (non-hydrogen) atoms. The molecule has 0 aliphatic carbocycles. The molecular formula is C30H40Br2SiZr. The normalized spacial score (nSPS) is 9.88.